The second kappa shape index (κ2) is 7.39. The van der Waals surface area contributed by atoms with Gasteiger partial charge in [-0.3, -0.25) is 4.90 Å². The molecular weight excluding hydrogens is 328 g/mol. The zero-order valence-electron chi connectivity index (χ0n) is 14.0. The molecule has 0 bridgehead atoms. The molecule has 1 aromatic carbocycles. The first-order valence-electron chi connectivity index (χ1n) is 8.60. The number of sulfonamides is 1. The van der Waals surface area contributed by atoms with E-state index in [9.17, 15) is 13.5 Å². The van der Waals surface area contributed by atoms with Crippen molar-refractivity contribution in [3.63, 3.8) is 0 Å². The molecule has 3 rings (SSSR count). The van der Waals surface area contributed by atoms with Crippen molar-refractivity contribution in [3.8, 4) is 5.75 Å². The summed E-state index contributed by atoms with van der Waals surface area (Å²) in [5.74, 6) is 0.497. The second-order valence-corrected chi connectivity index (χ2v) is 8.35. The minimum absolute atomic E-state index is 0.0549. The predicted octanol–water partition coefficient (Wildman–Crippen LogP) is 1.35. The van der Waals surface area contributed by atoms with Gasteiger partial charge in [0.2, 0.25) is 10.0 Å². The highest BCUT2D eigenvalue weighted by molar-refractivity contribution is 7.89. The molecule has 1 heterocycles. The molecule has 2 fully saturated rings. The Bertz CT molecular complexity index is 658. The number of nitrogens with zero attached hydrogens (tertiary/aromatic N) is 1. The summed E-state index contributed by atoms with van der Waals surface area (Å²) >= 11 is 0. The number of hydrogen-bond donors (Lipinski definition) is 2. The summed E-state index contributed by atoms with van der Waals surface area (Å²) in [5, 5.41) is 10.7. The van der Waals surface area contributed by atoms with E-state index in [0.29, 0.717) is 12.2 Å². The summed E-state index contributed by atoms with van der Waals surface area (Å²) in [5.41, 5.74) is 0. The Balaban J connectivity index is 1.73. The van der Waals surface area contributed by atoms with E-state index in [0.717, 1.165) is 38.8 Å². The van der Waals surface area contributed by atoms with Crippen LogP contribution >= 0.6 is 0 Å². The number of aliphatic hydroxyl groups excluding tert-OH is 1. The molecule has 24 heavy (non-hydrogen) atoms. The van der Waals surface area contributed by atoms with Crippen LogP contribution in [-0.2, 0) is 10.0 Å². The molecule has 0 amide bonds. The van der Waals surface area contributed by atoms with Crippen LogP contribution in [0, 0.1) is 0 Å². The molecule has 3 atom stereocenters. The van der Waals surface area contributed by atoms with E-state index >= 15 is 0 Å². The summed E-state index contributed by atoms with van der Waals surface area (Å²) in [4.78, 5) is 2.47. The van der Waals surface area contributed by atoms with Crippen LogP contribution in [0.4, 0.5) is 0 Å². The second-order valence-electron chi connectivity index (χ2n) is 6.64. The molecule has 1 aromatic rings. The number of ether oxygens (including phenoxy) is 1. The van der Waals surface area contributed by atoms with Gasteiger partial charge in [0.1, 0.15) is 5.75 Å². The van der Waals surface area contributed by atoms with E-state index < -0.39 is 22.2 Å². The van der Waals surface area contributed by atoms with Gasteiger partial charge in [0, 0.05) is 18.2 Å². The van der Waals surface area contributed by atoms with Gasteiger partial charge in [-0.05, 0) is 50.9 Å². The highest BCUT2D eigenvalue weighted by Crippen LogP contribution is 2.28. The van der Waals surface area contributed by atoms with Crippen molar-refractivity contribution in [2.45, 2.75) is 55.2 Å². The fourth-order valence-corrected chi connectivity index (χ4v) is 5.11. The molecular formula is C17H26N2O4S. The average molecular weight is 354 g/mol. The lowest BCUT2D eigenvalue weighted by Crippen LogP contribution is -2.56. The van der Waals surface area contributed by atoms with E-state index in [1.807, 2.05) is 0 Å². The van der Waals surface area contributed by atoms with Gasteiger partial charge in [0.25, 0.3) is 0 Å². The minimum atomic E-state index is -3.68. The minimum Gasteiger partial charge on any atom is -0.497 e. The first-order chi connectivity index (χ1) is 11.5. The maximum Gasteiger partial charge on any atom is 0.241 e. The maximum absolute atomic E-state index is 12.7. The number of rotatable bonds is 5. The normalized spacial score (nSPS) is 28.8. The number of benzene rings is 1. The Kier molecular flexibility index (Phi) is 5.44. The first-order valence-corrected chi connectivity index (χ1v) is 10.1. The lowest BCUT2D eigenvalue weighted by atomic mass is 9.88. The highest BCUT2D eigenvalue weighted by Gasteiger charge is 2.38. The van der Waals surface area contributed by atoms with Gasteiger partial charge >= 0.3 is 0 Å². The summed E-state index contributed by atoms with van der Waals surface area (Å²) in [6.45, 7) is 1.99. The third-order valence-electron chi connectivity index (χ3n) is 5.09. The third-order valence-corrected chi connectivity index (χ3v) is 6.58. The first kappa shape index (κ1) is 17.7. The summed E-state index contributed by atoms with van der Waals surface area (Å²) in [6, 6.07) is 6.00. The molecule has 1 aliphatic heterocycles. The van der Waals surface area contributed by atoms with Crippen molar-refractivity contribution in [3.05, 3.63) is 24.3 Å². The molecule has 1 saturated heterocycles. The van der Waals surface area contributed by atoms with Gasteiger partial charge < -0.3 is 9.84 Å². The Labute approximate surface area is 143 Å². The Morgan fingerprint density at radius 3 is 2.67 bits per heavy atom. The Hall–Kier alpha value is -1.15. The van der Waals surface area contributed by atoms with Gasteiger partial charge in [-0.25, -0.2) is 13.1 Å². The number of nitrogens with one attached hydrogen (secondary N) is 1. The van der Waals surface area contributed by atoms with Gasteiger partial charge in [-0.1, -0.05) is 12.5 Å². The fraction of sp³-hybridized carbons (Fsp3) is 0.647. The van der Waals surface area contributed by atoms with Crippen LogP contribution in [0.2, 0.25) is 0 Å². The average Bonchev–Trinajstić information content (AvgIpc) is 3.11. The van der Waals surface area contributed by atoms with E-state index in [4.69, 9.17) is 4.74 Å². The maximum atomic E-state index is 12.7. The quantitative estimate of drug-likeness (QED) is 0.834. The largest absolute Gasteiger partial charge is 0.497 e. The summed E-state index contributed by atoms with van der Waals surface area (Å²) in [6.07, 6.45) is 4.15. The summed E-state index contributed by atoms with van der Waals surface area (Å²) < 4.78 is 33.1. The SMILES string of the molecule is COc1cccc(S(=O)(=O)N[C@@H]2CCC[C@@H](N3CCCC3)[C@@H]2O)c1. The van der Waals surface area contributed by atoms with Gasteiger partial charge in [-0.15, -0.1) is 0 Å². The van der Waals surface area contributed by atoms with E-state index in [1.54, 1.807) is 12.1 Å². The van der Waals surface area contributed by atoms with Crippen LogP contribution in [-0.4, -0.2) is 56.8 Å². The van der Waals surface area contributed by atoms with E-state index in [1.165, 1.54) is 19.2 Å². The lowest BCUT2D eigenvalue weighted by Gasteiger charge is -2.39. The Morgan fingerprint density at radius 2 is 1.96 bits per heavy atom. The standard InChI is InChI=1S/C17H26N2O4S/c1-23-13-6-4-7-14(12-13)24(21,22)18-15-8-5-9-16(17(15)20)19-10-2-3-11-19/h4,6-7,12,15-18,20H,2-3,5,8-11H2,1H3/t15-,16-,17-/m1/s1. The molecule has 6 nitrogen and oxygen atoms in total. The van der Waals surface area contributed by atoms with E-state index in [2.05, 4.69) is 9.62 Å². The van der Waals surface area contributed by atoms with Crippen LogP contribution in [0.15, 0.2) is 29.2 Å². The van der Waals surface area contributed by atoms with Crippen LogP contribution in [0.5, 0.6) is 5.75 Å². The zero-order chi connectivity index (χ0) is 17.2. The number of methoxy groups -OCH3 is 1. The molecule has 134 valence electrons. The molecule has 7 heteroatoms. The van der Waals surface area contributed by atoms with Crippen molar-refractivity contribution < 1.29 is 18.3 Å². The number of hydrogen-bond acceptors (Lipinski definition) is 5. The van der Waals surface area contributed by atoms with Crippen LogP contribution in [0.3, 0.4) is 0 Å². The van der Waals surface area contributed by atoms with Gasteiger partial charge in [0.05, 0.1) is 18.1 Å². The molecule has 2 N–H and O–H groups in total. The van der Waals surface area contributed by atoms with Crippen molar-refractivity contribution in [1.82, 2.24) is 9.62 Å². The predicted molar refractivity (Wildman–Crippen MR) is 91.6 cm³/mol. The van der Waals surface area contributed by atoms with E-state index in [-0.39, 0.29) is 10.9 Å². The molecule has 0 aromatic heterocycles. The fourth-order valence-electron chi connectivity index (χ4n) is 3.79. The topological polar surface area (TPSA) is 78.9 Å². The smallest absolute Gasteiger partial charge is 0.241 e. The molecule has 0 unspecified atom stereocenters. The van der Waals surface area contributed by atoms with Crippen LogP contribution < -0.4 is 9.46 Å². The summed E-state index contributed by atoms with van der Waals surface area (Å²) in [7, 11) is -2.18. The van der Waals surface area contributed by atoms with Crippen LogP contribution in [0.25, 0.3) is 0 Å². The number of aliphatic hydroxyl groups is 1. The molecule has 1 aliphatic carbocycles. The molecule has 1 saturated carbocycles. The van der Waals surface area contributed by atoms with Crippen molar-refractivity contribution in [2.75, 3.05) is 20.2 Å². The van der Waals surface area contributed by atoms with Gasteiger partial charge in [0.15, 0.2) is 0 Å². The third kappa shape index (κ3) is 3.74. The monoisotopic (exact) mass is 354 g/mol. The van der Waals surface area contributed by atoms with Crippen molar-refractivity contribution in [1.29, 1.82) is 0 Å². The lowest BCUT2D eigenvalue weighted by molar-refractivity contribution is 0.0127. The Morgan fingerprint density at radius 1 is 1.21 bits per heavy atom. The molecule has 0 spiro atoms. The molecule has 2 aliphatic rings. The van der Waals surface area contributed by atoms with Crippen molar-refractivity contribution in [2.24, 2.45) is 0 Å². The van der Waals surface area contributed by atoms with Crippen LogP contribution in [0.1, 0.15) is 32.1 Å². The zero-order valence-corrected chi connectivity index (χ0v) is 14.8. The highest BCUT2D eigenvalue weighted by atomic mass is 32.2. The van der Waals surface area contributed by atoms with Crippen molar-refractivity contribution >= 4 is 10.0 Å². The number of likely N-dealkylation sites (tertiary alicyclic amines) is 1. The van der Waals surface area contributed by atoms with Gasteiger partial charge in [-0.2, -0.15) is 0 Å². The molecule has 0 radical (unpaired) electrons.